The van der Waals surface area contributed by atoms with E-state index in [0.717, 1.165) is 32.7 Å². The van der Waals surface area contributed by atoms with Gasteiger partial charge in [0.15, 0.2) is 0 Å². The number of morpholine rings is 1. The van der Waals surface area contributed by atoms with Gasteiger partial charge in [-0.05, 0) is 23.0 Å². The maximum absolute atomic E-state index is 5.40. The number of rotatable bonds is 2. The molecule has 2 aliphatic rings. The summed E-state index contributed by atoms with van der Waals surface area (Å²) in [5.74, 6) is 0. The summed E-state index contributed by atoms with van der Waals surface area (Å²) in [4.78, 5) is 0. The van der Waals surface area contributed by atoms with E-state index in [0.29, 0.717) is 6.04 Å². The summed E-state index contributed by atoms with van der Waals surface area (Å²) in [5, 5.41) is 2.32. The van der Waals surface area contributed by atoms with Crippen molar-refractivity contribution in [3.63, 3.8) is 0 Å². The zero-order valence-corrected chi connectivity index (χ0v) is 11.3. The van der Waals surface area contributed by atoms with Crippen LogP contribution in [0, 0.1) is 5.41 Å². The molecule has 1 aliphatic heterocycles. The van der Waals surface area contributed by atoms with Gasteiger partial charge < -0.3 is 4.74 Å². The molecule has 1 aromatic carbocycles. The Morgan fingerprint density at radius 1 is 1.22 bits per heavy atom. The molecule has 0 amide bonds. The molecule has 0 radical (unpaired) electrons. The molecule has 1 atom stereocenters. The Morgan fingerprint density at radius 2 is 1.94 bits per heavy atom. The minimum absolute atomic E-state index is 0.280. The first-order chi connectivity index (χ1) is 8.67. The van der Waals surface area contributed by atoms with Crippen LogP contribution in [-0.2, 0) is 11.2 Å². The Hall–Kier alpha value is -0.900. The third-order valence-electron chi connectivity index (χ3n) is 4.12. The van der Waals surface area contributed by atoms with Gasteiger partial charge >= 0.3 is 0 Å². The molecule has 0 saturated carbocycles. The van der Waals surface area contributed by atoms with Crippen LogP contribution >= 0.6 is 0 Å². The van der Waals surface area contributed by atoms with Crippen molar-refractivity contribution in [1.29, 1.82) is 0 Å². The van der Waals surface area contributed by atoms with Crippen molar-refractivity contribution in [3.8, 4) is 0 Å². The Bertz CT molecular complexity index is 424. The Labute approximate surface area is 109 Å². The van der Waals surface area contributed by atoms with E-state index < -0.39 is 0 Å². The number of hydrogen-bond acceptors (Lipinski definition) is 3. The molecule has 3 rings (SSSR count). The fourth-order valence-electron chi connectivity index (χ4n) is 3.11. The van der Waals surface area contributed by atoms with E-state index >= 15 is 0 Å². The number of nitrogens with one attached hydrogen (secondary N) is 1. The van der Waals surface area contributed by atoms with Crippen molar-refractivity contribution in [2.24, 2.45) is 5.41 Å². The summed E-state index contributed by atoms with van der Waals surface area (Å²) in [5.41, 5.74) is 6.96. The highest BCUT2D eigenvalue weighted by Crippen LogP contribution is 2.45. The van der Waals surface area contributed by atoms with Gasteiger partial charge in [0.1, 0.15) is 0 Å². The second-order valence-corrected chi connectivity index (χ2v) is 6.03. The molecule has 1 heterocycles. The average molecular weight is 246 g/mol. The van der Waals surface area contributed by atoms with Crippen LogP contribution in [0.5, 0.6) is 0 Å². The number of hydrogen-bond donors (Lipinski definition) is 1. The molecule has 1 unspecified atom stereocenters. The summed E-state index contributed by atoms with van der Waals surface area (Å²) in [7, 11) is 0. The number of ether oxygens (including phenoxy) is 1. The zero-order chi connectivity index (χ0) is 12.6. The summed E-state index contributed by atoms with van der Waals surface area (Å²) in [6, 6.07) is 9.24. The SMILES string of the molecule is CC1(C)Cc2ccccc2C1NN1CCOCC1. The number of hydrazine groups is 1. The monoisotopic (exact) mass is 246 g/mol. The van der Waals surface area contributed by atoms with Gasteiger partial charge in [-0.3, -0.25) is 0 Å². The van der Waals surface area contributed by atoms with E-state index in [4.69, 9.17) is 4.74 Å². The molecule has 1 N–H and O–H groups in total. The number of benzene rings is 1. The van der Waals surface area contributed by atoms with Gasteiger partial charge in [-0.2, -0.15) is 0 Å². The first-order valence-electron chi connectivity index (χ1n) is 6.83. The smallest absolute Gasteiger partial charge is 0.0608 e. The highest BCUT2D eigenvalue weighted by molar-refractivity contribution is 5.37. The molecule has 18 heavy (non-hydrogen) atoms. The predicted octanol–water partition coefficient (Wildman–Crippen LogP) is 2.15. The maximum Gasteiger partial charge on any atom is 0.0608 e. The lowest BCUT2D eigenvalue weighted by Crippen LogP contribution is -2.49. The third kappa shape index (κ3) is 2.18. The Balaban J connectivity index is 1.81. The molecule has 3 nitrogen and oxygen atoms in total. The fourth-order valence-corrected chi connectivity index (χ4v) is 3.11. The van der Waals surface area contributed by atoms with E-state index in [1.54, 1.807) is 0 Å². The van der Waals surface area contributed by atoms with Gasteiger partial charge in [-0.15, -0.1) is 0 Å². The van der Waals surface area contributed by atoms with Gasteiger partial charge in [-0.1, -0.05) is 38.1 Å². The largest absolute Gasteiger partial charge is 0.379 e. The standard InChI is InChI=1S/C15H22N2O/c1-15(2)11-12-5-3-4-6-13(12)14(15)16-17-7-9-18-10-8-17/h3-6,14,16H,7-11H2,1-2H3. The molecular weight excluding hydrogens is 224 g/mol. The van der Waals surface area contributed by atoms with Crippen molar-refractivity contribution in [3.05, 3.63) is 35.4 Å². The number of fused-ring (bicyclic) bond motifs is 1. The maximum atomic E-state index is 5.40. The molecule has 1 fully saturated rings. The second-order valence-electron chi connectivity index (χ2n) is 6.03. The normalized spacial score (nSPS) is 27.1. The van der Waals surface area contributed by atoms with Crippen molar-refractivity contribution in [2.75, 3.05) is 26.3 Å². The Kier molecular flexibility index (Phi) is 3.14. The molecule has 1 saturated heterocycles. The second kappa shape index (κ2) is 4.65. The average Bonchev–Trinajstić information content (AvgIpc) is 2.62. The quantitative estimate of drug-likeness (QED) is 0.865. The van der Waals surface area contributed by atoms with Crippen molar-refractivity contribution in [1.82, 2.24) is 10.4 Å². The summed E-state index contributed by atoms with van der Waals surface area (Å²) < 4.78 is 5.40. The predicted molar refractivity (Wildman–Crippen MR) is 72.2 cm³/mol. The molecule has 1 aliphatic carbocycles. The summed E-state index contributed by atoms with van der Waals surface area (Å²) >= 11 is 0. The lowest BCUT2D eigenvalue weighted by Gasteiger charge is -2.36. The molecule has 0 spiro atoms. The van der Waals surface area contributed by atoms with E-state index in [1.807, 2.05) is 0 Å². The fraction of sp³-hybridized carbons (Fsp3) is 0.600. The molecule has 0 aromatic heterocycles. The van der Waals surface area contributed by atoms with Gasteiger partial charge in [0.05, 0.1) is 19.3 Å². The van der Waals surface area contributed by atoms with Crippen LogP contribution in [0.3, 0.4) is 0 Å². The highest BCUT2D eigenvalue weighted by Gasteiger charge is 2.39. The van der Waals surface area contributed by atoms with Crippen molar-refractivity contribution in [2.45, 2.75) is 26.3 Å². The zero-order valence-electron chi connectivity index (χ0n) is 11.3. The van der Waals surface area contributed by atoms with Gasteiger partial charge in [0.25, 0.3) is 0 Å². The van der Waals surface area contributed by atoms with E-state index in [9.17, 15) is 0 Å². The van der Waals surface area contributed by atoms with E-state index in [-0.39, 0.29) is 5.41 Å². The summed E-state index contributed by atoms with van der Waals surface area (Å²) in [6.45, 7) is 8.34. The van der Waals surface area contributed by atoms with Crippen LogP contribution in [0.4, 0.5) is 0 Å². The van der Waals surface area contributed by atoms with Crippen LogP contribution in [0.1, 0.15) is 31.0 Å². The molecule has 1 aromatic rings. The van der Waals surface area contributed by atoms with Gasteiger partial charge in [0.2, 0.25) is 0 Å². The molecule has 3 heteroatoms. The van der Waals surface area contributed by atoms with Crippen LogP contribution in [0.15, 0.2) is 24.3 Å². The topological polar surface area (TPSA) is 24.5 Å². The van der Waals surface area contributed by atoms with E-state index in [1.165, 1.54) is 11.1 Å². The number of nitrogens with zero attached hydrogens (tertiary/aromatic N) is 1. The minimum Gasteiger partial charge on any atom is -0.379 e. The highest BCUT2D eigenvalue weighted by atomic mass is 16.5. The lowest BCUT2D eigenvalue weighted by molar-refractivity contribution is -0.00749. The van der Waals surface area contributed by atoms with Crippen LogP contribution in [0.2, 0.25) is 0 Å². The molecule has 0 bridgehead atoms. The van der Waals surface area contributed by atoms with E-state index in [2.05, 4.69) is 48.5 Å². The van der Waals surface area contributed by atoms with Gasteiger partial charge in [0, 0.05) is 13.1 Å². The van der Waals surface area contributed by atoms with Crippen LogP contribution < -0.4 is 5.43 Å². The molecular formula is C15H22N2O. The van der Waals surface area contributed by atoms with Crippen molar-refractivity contribution >= 4 is 0 Å². The Morgan fingerprint density at radius 3 is 2.72 bits per heavy atom. The third-order valence-corrected chi connectivity index (χ3v) is 4.12. The lowest BCUT2D eigenvalue weighted by atomic mass is 9.86. The summed E-state index contributed by atoms with van der Waals surface area (Å²) in [6.07, 6.45) is 1.16. The van der Waals surface area contributed by atoms with Crippen molar-refractivity contribution < 1.29 is 4.74 Å². The minimum atomic E-state index is 0.280. The first kappa shape index (κ1) is 12.2. The first-order valence-corrected chi connectivity index (χ1v) is 6.83. The molecule has 98 valence electrons. The van der Waals surface area contributed by atoms with Gasteiger partial charge in [-0.25, -0.2) is 10.4 Å². The van der Waals surface area contributed by atoms with Crippen LogP contribution in [0.25, 0.3) is 0 Å². The van der Waals surface area contributed by atoms with Crippen LogP contribution in [-0.4, -0.2) is 31.3 Å².